The van der Waals surface area contributed by atoms with Crippen LogP contribution in [0.2, 0.25) is 0 Å². The number of rotatable bonds is 1. The van der Waals surface area contributed by atoms with Gasteiger partial charge in [0.15, 0.2) is 0 Å². The van der Waals surface area contributed by atoms with Crippen LogP contribution in [-0.4, -0.2) is 6.71 Å². The Bertz CT molecular complexity index is 2340. The summed E-state index contributed by atoms with van der Waals surface area (Å²) < 4.78 is 14.4. The Balaban J connectivity index is 1.33. The molecule has 0 N–H and O–H groups in total. The minimum absolute atomic E-state index is 0.00979. The van der Waals surface area contributed by atoms with E-state index in [1.807, 2.05) is 0 Å². The lowest BCUT2D eigenvalue weighted by Crippen LogP contribution is -2.62. The molecule has 2 aliphatic carbocycles. The van der Waals surface area contributed by atoms with Crippen molar-refractivity contribution < 1.29 is 9.47 Å². The third kappa shape index (κ3) is 3.00. The summed E-state index contributed by atoms with van der Waals surface area (Å²) in [4.78, 5) is 2.49. The van der Waals surface area contributed by atoms with Crippen molar-refractivity contribution >= 4 is 40.2 Å². The van der Waals surface area contributed by atoms with E-state index < -0.39 is 0 Å². The van der Waals surface area contributed by atoms with E-state index in [1.165, 1.54) is 72.4 Å². The Morgan fingerprint density at radius 3 is 1.50 bits per heavy atom. The molecule has 0 aromatic heterocycles. The molecular weight excluding hydrogens is 585 g/mol. The van der Waals surface area contributed by atoms with Gasteiger partial charge in [-0.2, -0.15) is 0 Å². The van der Waals surface area contributed by atoms with Crippen molar-refractivity contribution in [2.75, 3.05) is 4.90 Å². The van der Waals surface area contributed by atoms with Crippen LogP contribution in [0.4, 0.5) is 17.1 Å². The van der Waals surface area contributed by atoms with Gasteiger partial charge in [-0.15, -0.1) is 0 Å². The van der Waals surface area contributed by atoms with E-state index in [2.05, 4.69) is 144 Å². The molecule has 3 heterocycles. The van der Waals surface area contributed by atoms with Gasteiger partial charge in [-0.25, -0.2) is 0 Å². The van der Waals surface area contributed by atoms with Crippen molar-refractivity contribution in [1.82, 2.24) is 0 Å². The maximum Gasteiger partial charge on any atom is 0.266 e. The van der Waals surface area contributed by atoms with Crippen LogP contribution in [-0.2, 0) is 10.8 Å². The minimum atomic E-state index is -0.217. The van der Waals surface area contributed by atoms with Crippen LogP contribution in [0.1, 0.15) is 61.1 Å². The fraction of sp³-hybridized carbons (Fsp3) is 0.182. The van der Waals surface area contributed by atoms with Crippen LogP contribution in [0.25, 0.3) is 22.3 Å². The zero-order chi connectivity index (χ0) is 32.4. The summed E-state index contributed by atoms with van der Waals surface area (Å²) in [5, 5.41) is 0. The highest BCUT2D eigenvalue weighted by molar-refractivity contribution is 7.00. The molecule has 0 atom stereocenters. The first-order chi connectivity index (χ1) is 23.1. The van der Waals surface area contributed by atoms with E-state index in [4.69, 9.17) is 9.47 Å². The van der Waals surface area contributed by atoms with Gasteiger partial charge in [0.1, 0.15) is 23.0 Å². The fourth-order valence-electron chi connectivity index (χ4n) is 9.86. The molecule has 3 nitrogen and oxygen atoms in total. The number of ether oxygens (including phenoxy) is 2. The Labute approximate surface area is 281 Å². The molecule has 3 aliphatic heterocycles. The summed E-state index contributed by atoms with van der Waals surface area (Å²) in [6, 6.07) is 36.2. The number of aryl methyl sites for hydroxylation is 2. The summed E-state index contributed by atoms with van der Waals surface area (Å²) in [5.41, 5.74) is 19.5. The first kappa shape index (κ1) is 26.8. The van der Waals surface area contributed by atoms with Crippen LogP contribution in [0, 0.1) is 13.8 Å². The molecule has 0 saturated heterocycles. The first-order valence-corrected chi connectivity index (χ1v) is 17.1. The highest BCUT2D eigenvalue weighted by Gasteiger charge is 2.53. The largest absolute Gasteiger partial charge is 0.458 e. The van der Waals surface area contributed by atoms with Crippen molar-refractivity contribution in [2.45, 2.75) is 52.4 Å². The first-order valence-electron chi connectivity index (χ1n) is 17.1. The van der Waals surface area contributed by atoms with Gasteiger partial charge in [0.2, 0.25) is 0 Å². The molecular formula is C44H34BNO2. The number of hydrogen-bond acceptors (Lipinski definition) is 3. The number of nitrogens with zero attached hydrogens (tertiary/aromatic N) is 1. The molecule has 6 aromatic rings. The highest BCUT2D eigenvalue weighted by atomic mass is 16.5. The van der Waals surface area contributed by atoms with E-state index in [-0.39, 0.29) is 17.5 Å². The van der Waals surface area contributed by atoms with Crippen LogP contribution in [0.15, 0.2) is 97.1 Å². The van der Waals surface area contributed by atoms with Crippen molar-refractivity contribution in [1.29, 1.82) is 0 Å². The number of fused-ring (bicyclic) bond motifs is 8. The zero-order valence-electron chi connectivity index (χ0n) is 28.1. The monoisotopic (exact) mass is 619 g/mol. The molecule has 230 valence electrons. The molecule has 11 rings (SSSR count). The maximum absolute atomic E-state index is 7.22. The molecule has 0 bridgehead atoms. The topological polar surface area (TPSA) is 21.7 Å². The van der Waals surface area contributed by atoms with Crippen molar-refractivity contribution in [2.24, 2.45) is 0 Å². The molecule has 6 aromatic carbocycles. The normalized spacial score (nSPS) is 16.7. The molecule has 0 amide bonds. The predicted octanol–water partition coefficient (Wildman–Crippen LogP) is 9.43. The SMILES string of the molecule is Cc1ccc(N2c3cc4c(c5c3B3c6c(cc(C)cc6Oc6c3c2cc2c6C(C)(C)c3ccccc3-2)O5)C(C)(C)c2ccccc2-4)cc1. The van der Waals surface area contributed by atoms with E-state index in [0.29, 0.717) is 0 Å². The summed E-state index contributed by atoms with van der Waals surface area (Å²) in [6.07, 6.45) is 0. The number of benzene rings is 6. The van der Waals surface area contributed by atoms with E-state index in [0.717, 1.165) is 39.7 Å². The Morgan fingerprint density at radius 2 is 1.00 bits per heavy atom. The third-order valence-electron chi connectivity index (χ3n) is 11.9. The lowest BCUT2D eigenvalue weighted by Gasteiger charge is -2.45. The molecule has 5 aliphatic rings. The Kier molecular flexibility index (Phi) is 4.71. The predicted molar refractivity (Wildman–Crippen MR) is 197 cm³/mol. The van der Waals surface area contributed by atoms with Gasteiger partial charge < -0.3 is 14.4 Å². The zero-order valence-corrected chi connectivity index (χ0v) is 28.1. The van der Waals surface area contributed by atoms with Gasteiger partial charge in [0.25, 0.3) is 6.71 Å². The van der Waals surface area contributed by atoms with Gasteiger partial charge in [-0.05, 0) is 100 Å². The fourth-order valence-corrected chi connectivity index (χ4v) is 9.86. The van der Waals surface area contributed by atoms with E-state index >= 15 is 0 Å². The van der Waals surface area contributed by atoms with Crippen LogP contribution in [0.5, 0.6) is 23.0 Å². The molecule has 0 radical (unpaired) electrons. The van der Waals surface area contributed by atoms with Crippen molar-refractivity contribution in [3.63, 3.8) is 0 Å². The van der Waals surface area contributed by atoms with Crippen molar-refractivity contribution in [3.05, 3.63) is 130 Å². The lowest BCUT2D eigenvalue weighted by atomic mass is 9.32. The average molecular weight is 620 g/mol. The lowest BCUT2D eigenvalue weighted by molar-refractivity contribution is 0.448. The second-order valence-corrected chi connectivity index (χ2v) is 15.4. The minimum Gasteiger partial charge on any atom is -0.458 e. The highest BCUT2D eigenvalue weighted by Crippen LogP contribution is 2.60. The Hall–Kier alpha value is -5.22. The van der Waals surface area contributed by atoms with Crippen LogP contribution < -0.4 is 30.8 Å². The van der Waals surface area contributed by atoms with Gasteiger partial charge in [0, 0.05) is 44.5 Å². The third-order valence-corrected chi connectivity index (χ3v) is 11.9. The van der Waals surface area contributed by atoms with Gasteiger partial charge >= 0.3 is 0 Å². The van der Waals surface area contributed by atoms with Crippen molar-refractivity contribution in [3.8, 4) is 45.3 Å². The van der Waals surface area contributed by atoms with Gasteiger partial charge in [-0.1, -0.05) is 93.9 Å². The summed E-state index contributed by atoms with van der Waals surface area (Å²) in [5.74, 6) is 3.85. The van der Waals surface area contributed by atoms with Gasteiger partial charge in [-0.3, -0.25) is 0 Å². The molecule has 0 fully saturated rings. The quantitative estimate of drug-likeness (QED) is 0.171. The molecule has 0 spiro atoms. The molecule has 0 unspecified atom stereocenters. The second-order valence-electron chi connectivity index (χ2n) is 15.4. The molecule has 4 heteroatoms. The summed E-state index contributed by atoms with van der Waals surface area (Å²) >= 11 is 0. The number of anilines is 3. The molecule has 0 saturated carbocycles. The maximum atomic E-state index is 7.22. The van der Waals surface area contributed by atoms with Gasteiger partial charge in [0.05, 0.1) is 0 Å². The second kappa shape index (κ2) is 8.43. The van der Waals surface area contributed by atoms with E-state index in [9.17, 15) is 0 Å². The summed E-state index contributed by atoms with van der Waals surface area (Å²) in [6.45, 7) is 13.7. The smallest absolute Gasteiger partial charge is 0.266 e. The van der Waals surface area contributed by atoms with Crippen LogP contribution in [0.3, 0.4) is 0 Å². The number of hydrogen-bond donors (Lipinski definition) is 0. The van der Waals surface area contributed by atoms with E-state index in [1.54, 1.807) is 0 Å². The molecule has 48 heavy (non-hydrogen) atoms. The van der Waals surface area contributed by atoms with Crippen LogP contribution >= 0.6 is 0 Å². The average Bonchev–Trinajstić information content (AvgIpc) is 3.44. The summed E-state index contributed by atoms with van der Waals surface area (Å²) in [7, 11) is 0. The standard InChI is InChI=1S/C44H34BNO2/c1-23-15-17-25(18-16-23)46-32-21-28-26-11-7-9-13-30(26)43(3,4)36(28)41-38(32)45-39-33(46)22-29-27-12-8-10-14-31(27)44(5,6)37(29)42(39)48-35-20-24(2)19-34(47-41)40(35)45/h7-22H,1-6H3. The Morgan fingerprint density at radius 1 is 0.521 bits per heavy atom.